The lowest BCUT2D eigenvalue weighted by Gasteiger charge is -2.02. The van der Waals surface area contributed by atoms with E-state index in [1.807, 2.05) is 0 Å². The third-order valence-electron chi connectivity index (χ3n) is 3.01. The van der Waals surface area contributed by atoms with Crippen LogP contribution in [0.5, 0.6) is 0 Å². The molecule has 2 aromatic rings. The Kier molecular flexibility index (Phi) is 2.99. The van der Waals surface area contributed by atoms with Crippen LogP contribution in [-0.2, 0) is 4.74 Å². The lowest BCUT2D eigenvalue weighted by Crippen LogP contribution is -2.03. The zero-order chi connectivity index (χ0) is 14.3. The number of hydrogen-bond acceptors (Lipinski definition) is 4. The number of esters is 2. The predicted octanol–water partition coefficient (Wildman–Crippen LogP) is 2.99. The number of fused-ring (bicyclic) bond motifs is 1. The van der Waals surface area contributed by atoms with E-state index in [9.17, 15) is 14.4 Å². The Morgan fingerprint density at radius 2 is 1.45 bits per heavy atom. The van der Waals surface area contributed by atoms with Gasteiger partial charge in [0, 0.05) is 15.6 Å². The number of carbonyl (C=O) groups is 3. The molecule has 0 N–H and O–H groups in total. The second-order valence-corrected chi connectivity index (χ2v) is 5.19. The molecule has 0 bridgehead atoms. The molecule has 1 aliphatic heterocycles. The third-order valence-corrected chi connectivity index (χ3v) is 3.54. The normalized spacial score (nSPS) is 13.1. The molecule has 0 unspecified atom stereocenters. The molecule has 0 aromatic heterocycles. The SMILES string of the molecule is O=C(c1ccc(Br)cc1)c1ccc2c(c1)C(=O)OC2=O. The smallest absolute Gasteiger partial charge is 0.346 e. The van der Waals surface area contributed by atoms with E-state index >= 15 is 0 Å². The van der Waals surface area contributed by atoms with Crippen molar-refractivity contribution in [3.8, 4) is 0 Å². The van der Waals surface area contributed by atoms with Crippen molar-refractivity contribution in [1.82, 2.24) is 0 Å². The van der Waals surface area contributed by atoms with Crippen molar-refractivity contribution < 1.29 is 19.1 Å². The second-order valence-electron chi connectivity index (χ2n) is 4.27. The molecule has 3 rings (SSSR count). The van der Waals surface area contributed by atoms with Crippen molar-refractivity contribution in [2.75, 3.05) is 0 Å². The van der Waals surface area contributed by atoms with Gasteiger partial charge in [0.25, 0.3) is 0 Å². The van der Waals surface area contributed by atoms with E-state index in [0.717, 1.165) is 4.47 Å². The molecule has 5 heteroatoms. The van der Waals surface area contributed by atoms with Gasteiger partial charge in [-0.1, -0.05) is 22.0 Å². The molecular formula is C15H7BrO4. The Labute approximate surface area is 122 Å². The highest BCUT2D eigenvalue weighted by Gasteiger charge is 2.30. The molecule has 1 heterocycles. The van der Waals surface area contributed by atoms with Crippen LogP contribution in [0.25, 0.3) is 0 Å². The zero-order valence-electron chi connectivity index (χ0n) is 10.1. The maximum absolute atomic E-state index is 12.3. The summed E-state index contributed by atoms with van der Waals surface area (Å²) in [6.45, 7) is 0. The van der Waals surface area contributed by atoms with Crippen LogP contribution in [0.2, 0.25) is 0 Å². The molecule has 2 aromatic carbocycles. The molecule has 0 fully saturated rings. The van der Waals surface area contributed by atoms with Gasteiger partial charge in [-0.3, -0.25) is 4.79 Å². The first-order chi connectivity index (χ1) is 9.56. The summed E-state index contributed by atoms with van der Waals surface area (Å²) in [6, 6.07) is 11.2. The number of ketones is 1. The van der Waals surface area contributed by atoms with Crippen molar-refractivity contribution in [2.24, 2.45) is 0 Å². The van der Waals surface area contributed by atoms with Crippen molar-refractivity contribution in [2.45, 2.75) is 0 Å². The fraction of sp³-hybridized carbons (Fsp3) is 0. The van der Waals surface area contributed by atoms with Gasteiger partial charge >= 0.3 is 11.9 Å². The number of halogens is 1. The number of carbonyl (C=O) groups excluding carboxylic acids is 3. The van der Waals surface area contributed by atoms with Gasteiger partial charge in [0.2, 0.25) is 0 Å². The molecule has 0 atom stereocenters. The first-order valence-electron chi connectivity index (χ1n) is 5.77. The molecular weight excluding hydrogens is 324 g/mol. The van der Waals surface area contributed by atoms with Gasteiger partial charge in [0.15, 0.2) is 5.78 Å². The van der Waals surface area contributed by atoms with Crippen LogP contribution in [0.3, 0.4) is 0 Å². The highest BCUT2D eigenvalue weighted by atomic mass is 79.9. The van der Waals surface area contributed by atoms with E-state index < -0.39 is 11.9 Å². The van der Waals surface area contributed by atoms with Crippen LogP contribution in [0.1, 0.15) is 36.6 Å². The average molecular weight is 331 g/mol. The Hall–Kier alpha value is -2.27. The van der Waals surface area contributed by atoms with Crippen molar-refractivity contribution in [1.29, 1.82) is 0 Å². The summed E-state index contributed by atoms with van der Waals surface area (Å²) in [4.78, 5) is 35.1. The molecule has 4 nitrogen and oxygen atoms in total. The van der Waals surface area contributed by atoms with Gasteiger partial charge in [-0.25, -0.2) is 9.59 Å². The molecule has 20 heavy (non-hydrogen) atoms. The zero-order valence-corrected chi connectivity index (χ0v) is 11.6. The number of hydrogen-bond donors (Lipinski definition) is 0. The Morgan fingerprint density at radius 3 is 2.15 bits per heavy atom. The van der Waals surface area contributed by atoms with Crippen molar-refractivity contribution in [3.05, 3.63) is 69.2 Å². The van der Waals surface area contributed by atoms with Crippen LogP contribution in [0.15, 0.2) is 46.9 Å². The number of cyclic esters (lactones) is 2. The maximum atomic E-state index is 12.3. The van der Waals surface area contributed by atoms with Gasteiger partial charge in [0.05, 0.1) is 11.1 Å². The summed E-state index contributed by atoms with van der Waals surface area (Å²) in [5.41, 5.74) is 1.18. The Balaban J connectivity index is 2.02. The number of ether oxygens (including phenoxy) is 1. The molecule has 1 aliphatic rings. The summed E-state index contributed by atoms with van der Waals surface area (Å²) in [7, 11) is 0. The summed E-state index contributed by atoms with van der Waals surface area (Å²) in [6.07, 6.45) is 0. The van der Waals surface area contributed by atoms with Crippen molar-refractivity contribution >= 4 is 33.7 Å². The van der Waals surface area contributed by atoms with Gasteiger partial charge in [-0.15, -0.1) is 0 Å². The predicted molar refractivity (Wildman–Crippen MR) is 73.8 cm³/mol. The minimum absolute atomic E-state index is 0.137. The quantitative estimate of drug-likeness (QED) is 0.482. The van der Waals surface area contributed by atoms with Crippen LogP contribution in [-0.4, -0.2) is 17.7 Å². The standard InChI is InChI=1S/C15H7BrO4/c16-10-4-1-8(2-5-10)13(17)9-3-6-11-12(7-9)15(19)20-14(11)18/h1-7H. The average Bonchev–Trinajstić information content (AvgIpc) is 2.74. The maximum Gasteiger partial charge on any atom is 0.346 e. The van der Waals surface area contributed by atoms with Crippen LogP contribution < -0.4 is 0 Å². The van der Waals surface area contributed by atoms with E-state index in [1.54, 1.807) is 24.3 Å². The fourth-order valence-electron chi connectivity index (χ4n) is 1.99. The van der Waals surface area contributed by atoms with Crippen LogP contribution in [0.4, 0.5) is 0 Å². The fourth-order valence-corrected chi connectivity index (χ4v) is 2.26. The number of rotatable bonds is 2. The van der Waals surface area contributed by atoms with Crippen LogP contribution >= 0.6 is 15.9 Å². The largest absolute Gasteiger partial charge is 0.386 e. The van der Waals surface area contributed by atoms with Gasteiger partial charge in [0.1, 0.15) is 0 Å². The molecule has 0 spiro atoms. The van der Waals surface area contributed by atoms with Gasteiger partial charge in [-0.2, -0.15) is 0 Å². The first-order valence-corrected chi connectivity index (χ1v) is 6.56. The van der Waals surface area contributed by atoms with E-state index in [0.29, 0.717) is 11.1 Å². The van der Waals surface area contributed by atoms with E-state index in [4.69, 9.17) is 0 Å². The highest BCUT2D eigenvalue weighted by Crippen LogP contribution is 2.23. The molecule has 0 amide bonds. The van der Waals surface area contributed by atoms with Crippen molar-refractivity contribution in [3.63, 3.8) is 0 Å². The molecule has 98 valence electrons. The molecule has 0 saturated carbocycles. The Bertz CT molecular complexity index is 747. The lowest BCUT2D eigenvalue weighted by atomic mass is 9.99. The molecule has 0 aliphatic carbocycles. The molecule has 0 saturated heterocycles. The summed E-state index contributed by atoms with van der Waals surface area (Å²) in [5.74, 6) is -1.60. The lowest BCUT2D eigenvalue weighted by molar-refractivity contribution is 0.0443. The first kappa shape index (κ1) is 12.7. The summed E-state index contributed by atoms with van der Waals surface area (Å²) >= 11 is 3.30. The summed E-state index contributed by atoms with van der Waals surface area (Å²) < 4.78 is 5.36. The monoisotopic (exact) mass is 330 g/mol. The minimum Gasteiger partial charge on any atom is -0.386 e. The van der Waals surface area contributed by atoms with Gasteiger partial charge < -0.3 is 4.74 Å². The van der Waals surface area contributed by atoms with Gasteiger partial charge in [-0.05, 0) is 36.4 Å². The summed E-state index contributed by atoms with van der Waals surface area (Å²) in [5, 5.41) is 0. The highest BCUT2D eigenvalue weighted by molar-refractivity contribution is 9.10. The van der Waals surface area contributed by atoms with E-state index in [1.165, 1.54) is 18.2 Å². The minimum atomic E-state index is -0.713. The second kappa shape index (κ2) is 4.68. The molecule has 0 radical (unpaired) electrons. The van der Waals surface area contributed by atoms with Crippen LogP contribution in [0, 0.1) is 0 Å². The number of benzene rings is 2. The van der Waals surface area contributed by atoms with E-state index in [2.05, 4.69) is 20.7 Å². The Morgan fingerprint density at radius 1 is 0.850 bits per heavy atom. The van der Waals surface area contributed by atoms with E-state index in [-0.39, 0.29) is 16.9 Å². The topological polar surface area (TPSA) is 60.4 Å². The third kappa shape index (κ3) is 2.06.